The van der Waals surface area contributed by atoms with Gasteiger partial charge in [-0.1, -0.05) is 34.7 Å². The maximum atomic E-state index is 12.8. The van der Waals surface area contributed by atoms with Crippen LogP contribution in [0.1, 0.15) is 29.8 Å². The Bertz CT molecular complexity index is 1220. The van der Waals surface area contributed by atoms with Gasteiger partial charge in [-0.25, -0.2) is 9.97 Å². The van der Waals surface area contributed by atoms with E-state index in [1.165, 1.54) is 5.56 Å². The molecule has 0 radical (unpaired) electrons. The Morgan fingerprint density at radius 3 is 2.90 bits per heavy atom. The van der Waals surface area contributed by atoms with Crippen LogP contribution in [0.3, 0.4) is 0 Å². The molecule has 0 unspecified atom stereocenters. The van der Waals surface area contributed by atoms with Gasteiger partial charge in [0.1, 0.15) is 16.9 Å². The number of hydrogen-bond donors (Lipinski definition) is 3. The number of aromatic amines is 1. The number of fused-ring (bicyclic) bond motifs is 2. The smallest absolute Gasteiger partial charge is 0.255 e. The molecular weight excluding hydrogens is 481 g/mol. The minimum absolute atomic E-state index is 0.240. The largest absolute Gasteiger partial charge is 0.346 e. The van der Waals surface area contributed by atoms with Gasteiger partial charge in [-0.2, -0.15) is 5.10 Å². The van der Waals surface area contributed by atoms with Gasteiger partial charge in [0, 0.05) is 35.1 Å². The van der Waals surface area contributed by atoms with E-state index < -0.39 is 5.54 Å². The number of H-pyrrole nitrogens is 1. The second-order valence-electron chi connectivity index (χ2n) is 7.65. The van der Waals surface area contributed by atoms with Gasteiger partial charge >= 0.3 is 0 Å². The van der Waals surface area contributed by atoms with Crippen molar-refractivity contribution in [2.75, 3.05) is 6.54 Å². The van der Waals surface area contributed by atoms with E-state index in [0.717, 1.165) is 21.0 Å². The van der Waals surface area contributed by atoms with Gasteiger partial charge in [0.15, 0.2) is 5.65 Å². The molecule has 0 saturated carbocycles. The fraction of sp³-hybridized carbons (Fsp3) is 0.300. The van der Waals surface area contributed by atoms with E-state index >= 15 is 0 Å². The molecule has 9 heteroatoms. The van der Waals surface area contributed by atoms with Crippen LogP contribution in [0.4, 0.5) is 0 Å². The van der Waals surface area contributed by atoms with Crippen LogP contribution >= 0.6 is 22.6 Å². The Morgan fingerprint density at radius 2 is 2.17 bits per heavy atom. The number of halogens is 1. The van der Waals surface area contributed by atoms with Crippen molar-refractivity contribution < 1.29 is 4.79 Å². The lowest BCUT2D eigenvalue weighted by molar-refractivity contribution is 0.0917. The fourth-order valence-corrected chi connectivity index (χ4v) is 3.65. The van der Waals surface area contributed by atoms with E-state index in [-0.39, 0.29) is 5.91 Å². The molecule has 4 N–H and O–H groups in total. The summed E-state index contributed by atoms with van der Waals surface area (Å²) in [5.74, 6) is -0.240. The molecule has 8 nitrogen and oxygen atoms in total. The lowest BCUT2D eigenvalue weighted by atomic mass is 10.1. The number of aryl methyl sites for hydroxylation is 1. The van der Waals surface area contributed by atoms with Gasteiger partial charge < -0.3 is 16.0 Å². The first kappa shape index (κ1) is 19.8. The fourth-order valence-electron chi connectivity index (χ4n) is 3.18. The minimum Gasteiger partial charge on any atom is -0.346 e. The molecular formula is C20H22IN7O. The topological polar surface area (TPSA) is 115 Å². The van der Waals surface area contributed by atoms with Crippen LogP contribution in [0.25, 0.3) is 33.5 Å². The van der Waals surface area contributed by atoms with Crippen molar-refractivity contribution in [3.63, 3.8) is 0 Å². The maximum Gasteiger partial charge on any atom is 0.255 e. The van der Waals surface area contributed by atoms with Crippen LogP contribution in [0.5, 0.6) is 0 Å². The van der Waals surface area contributed by atoms with Crippen molar-refractivity contribution >= 4 is 50.6 Å². The Labute approximate surface area is 181 Å². The number of amides is 1. The average Bonchev–Trinajstić information content (AvgIpc) is 3.28. The number of carbonyl (C=O) groups is 1. The molecule has 29 heavy (non-hydrogen) atoms. The average molecular weight is 503 g/mol. The van der Waals surface area contributed by atoms with Crippen molar-refractivity contribution in [3.05, 3.63) is 41.7 Å². The Hall–Kier alpha value is -2.53. The number of rotatable bonds is 5. The number of aromatic nitrogens is 5. The molecule has 0 saturated heterocycles. The molecule has 0 aliphatic carbocycles. The van der Waals surface area contributed by atoms with Gasteiger partial charge in [-0.3, -0.25) is 9.48 Å². The van der Waals surface area contributed by atoms with Crippen molar-refractivity contribution in [1.29, 1.82) is 0 Å². The lowest BCUT2D eigenvalue weighted by Crippen LogP contribution is -2.48. The van der Waals surface area contributed by atoms with Crippen molar-refractivity contribution in [2.45, 2.75) is 23.8 Å². The predicted octanol–water partition coefficient (Wildman–Crippen LogP) is 2.91. The van der Waals surface area contributed by atoms with Crippen LogP contribution in [-0.4, -0.2) is 42.7 Å². The summed E-state index contributed by atoms with van der Waals surface area (Å²) in [6.07, 6.45) is 3.30. The van der Waals surface area contributed by atoms with Crippen molar-refractivity contribution in [3.8, 4) is 11.4 Å². The third-order valence-electron chi connectivity index (χ3n) is 4.90. The van der Waals surface area contributed by atoms with Gasteiger partial charge in [-0.15, -0.1) is 0 Å². The molecule has 0 aliphatic heterocycles. The number of benzene rings is 1. The zero-order valence-electron chi connectivity index (χ0n) is 16.5. The molecule has 4 aromatic rings. The van der Waals surface area contributed by atoms with E-state index in [9.17, 15) is 4.79 Å². The summed E-state index contributed by atoms with van der Waals surface area (Å²) in [5.41, 5.74) is 10.4. The summed E-state index contributed by atoms with van der Waals surface area (Å²) in [6, 6.07) is 6.29. The zero-order chi connectivity index (χ0) is 20.8. The zero-order valence-corrected chi connectivity index (χ0v) is 18.6. The Kier molecular flexibility index (Phi) is 5.03. The summed E-state index contributed by atoms with van der Waals surface area (Å²) in [4.78, 5) is 25.0. The number of hydrogen-bond acceptors (Lipinski definition) is 5. The third kappa shape index (κ3) is 3.60. The van der Waals surface area contributed by atoms with E-state index in [0.29, 0.717) is 29.0 Å². The van der Waals surface area contributed by atoms with Crippen LogP contribution in [0.2, 0.25) is 0 Å². The summed E-state index contributed by atoms with van der Waals surface area (Å²) in [5, 5.41) is 8.59. The molecule has 1 amide bonds. The molecule has 0 spiro atoms. The summed E-state index contributed by atoms with van der Waals surface area (Å²) in [7, 11) is 1.92. The van der Waals surface area contributed by atoms with Crippen LogP contribution < -0.4 is 11.1 Å². The highest BCUT2D eigenvalue weighted by Crippen LogP contribution is 2.29. The van der Waals surface area contributed by atoms with Gasteiger partial charge in [0.2, 0.25) is 0 Å². The first-order valence-electron chi connectivity index (χ1n) is 9.21. The molecule has 0 atom stereocenters. The van der Waals surface area contributed by atoms with E-state index in [1.54, 1.807) is 12.4 Å². The van der Waals surface area contributed by atoms with Gasteiger partial charge in [0.05, 0.1) is 17.3 Å². The van der Waals surface area contributed by atoms with Crippen LogP contribution in [-0.2, 0) is 11.5 Å². The molecule has 0 fully saturated rings. The molecule has 150 valence electrons. The Morgan fingerprint density at radius 1 is 1.38 bits per heavy atom. The molecule has 3 aromatic heterocycles. The first-order valence-corrected chi connectivity index (χ1v) is 10.7. The summed E-state index contributed by atoms with van der Waals surface area (Å²) < 4.78 is 2.78. The molecule has 1 aromatic carbocycles. The van der Waals surface area contributed by atoms with E-state index in [2.05, 4.69) is 61.2 Å². The molecule has 4 rings (SSSR count). The Balaban J connectivity index is 1.80. The second kappa shape index (κ2) is 7.38. The number of alkyl halides is 1. The highest BCUT2D eigenvalue weighted by atomic mass is 127. The van der Waals surface area contributed by atoms with Gasteiger partial charge in [-0.05, 0) is 25.5 Å². The minimum atomic E-state index is -0.515. The summed E-state index contributed by atoms with van der Waals surface area (Å²) >= 11 is 2.35. The predicted molar refractivity (Wildman–Crippen MR) is 122 cm³/mol. The van der Waals surface area contributed by atoms with E-state index in [1.807, 2.05) is 25.6 Å². The number of nitrogens with zero attached hydrogens (tertiary/aromatic N) is 4. The highest BCUT2D eigenvalue weighted by Gasteiger charge is 2.23. The quantitative estimate of drug-likeness (QED) is 0.286. The SMILES string of the molecule is Cn1nc(-c2cnc3[nH]cc(C(=O)NC(C)(C)CN)c3n2)c2ccc(CI)cc21. The van der Waals surface area contributed by atoms with Crippen LogP contribution in [0.15, 0.2) is 30.6 Å². The van der Waals surface area contributed by atoms with Crippen molar-refractivity contribution in [2.24, 2.45) is 12.8 Å². The maximum absolute atomic E-state index is 12.8. The van der Waals surface area contributed by atoms with Crippen molar-refractivity contribution in [1.82, 2.24) is 30.0 Å². The van der Waals surface area contributed by atoms with Crippen LogP contribution in [0, 0.1) is 0 Å². The van der Waals surface area contributed by atoms with E-state index in [4.69, 9.17) is 10.7 Å². The molecule has 0 aliphatic rings. The second-order valence-corrected chi connectivity index (χ2v) is 8.42. The lowest BCUT2D eigenvalue weighted by Gasteiger charge is -2.23. The monoisotopic (exact) mass is 503 g/mol. The molecule has 0 bridgehead atoms. The number of carbonyl (C=O) groups excluding carboxylic acids is 1. The highest BCUT2D eigenvalue weighted by molar-refractivity contribution is 14.1. The number of nitrogens with one attached hydrogen (secondary N) is 2. The summed E-state index contributed by atoms with van der Waals surface area (Å²) in [6.45, 7) is 4.08. The first-order chi connectivity index (χ1) is 13.8. The third-order valence-corrected chi connectivity index (χ3v) is 5.78. The normalized spacial score (nSPS) is 12.0. The van der Waals surface area contributed by atoms with Gasteiger partial charge in [0.25, 0.3) is 5.91 Å². The number of nitrogens with two attached hydrogens (primary N) is 1. The standard InChI is InChI=1S/C20H22IN7O/c1-20(2,10-22)26-19(29)13-8-23-18-17(13)25-14(9-24-18)16-12-5-4-11(7-21)6-15(12)28(3)27-16/h4-6,8-9H,7,10,22H2,1-3H3,(H,23,24)(H,26,29). The molecule has 3 heterocycles.